The molecule has 0 aromatic carbocycles. The normalized spacial score (nSPS) is 11.0. The molecule has 0 unspecified atom stereocenters. The van der Waals surface area contributed by atoms with Crippen molar-refractivity contribution in [3.63, 3.8) is 0 Å². The number of carbonyl (C=O) groups excluding carboxylic acids is 2. The van der Waals surface area contributed by atoms with Gasteiger partial charge in [0.25, 0.3) is 0 Å². The van der Waals surface area contributed by atoms with Gasteiger partial charge in [-0.1, -0.05) is 13.3 Å². The van der Waals surface area contributed by atoms with Crippen LogP contribution in [0.25, 0.3) is 0 Å². The van der Waals surface area contributed by atoms with E-state index in [1.807, 2.05) is 6.92 Å². The molecule has 0 saturated heterocycles. The van der Waals surface area contributed by atoms with Gasteiger partial charge in [-0.15, -0.1) is 0 Å². The van der Waals surface area contributed by atoms with Crippen LogP contribution < -0.4 is 0 Å². The average Bonchev–Trinajstić information content (AvgIpc) is 2.27. The molecule has 0 saturated carbocycles. The third-order valence-corrected chi connectivity index (χ3v) is 1.86. The zero-order chi connectivity index (χ0) is 12.6. The average molecular weight is 294 g/mol. The Hall–Kier alpha value is -1.00. The molecule has 0 heterocycles. The van der Waals surface area contributed by atoms with Crippen LogP contribution in [0.2, 0.25) is 0 Å². The molecule has 0 aromatic heterocycles. The van der Waals surface area contributed by atoms with Gasteiger partial charge in [-0.2, -0.15) is 0 Å². The van der Waals surface area contributed by atoms with E-state index in [4.69, 9.17) is 4.74 Å². The molecule has 0 atom stereocenters. The van der Waals surface area contributed by atoms with Crippen LogP contribution in [0.4, 0.5) is 0 Å². The van der Waals surface area contributed by atoms with E-state index in [2.05, 4.69) is 4.74 Å². The second kappa shape index (κ2) is 10.2. The number of carbonyl (C=O) groups is 2. The van der Waals surface area contributed by atoms with E-state index in [9.17, 15) is 14.7 Å². The number of unbranched alkanes of at least 4 members (excludes halogenated alkanes) is 1. The van der Waals surface area contributed by atoms with Gasteiger partial charge in [0, 0.05) is 17.1 Å². The Bertz CT molecular complexity index is 286. The maximum Gasteiger partial charge on any atom is 0.373 e. The summed E-state index contributed by atoms with van der Waals surface area (Å²) >= 11 is 0. The summed E-state index contributed by atoms with van der Waals surface area (Å²) in [6.07, 6.45) is 1.65. The van der Waals surface area contributed by atoms with Crippen LogP contribution in [0.5, 0.6) is 0 Å². The second-order valence-electron chi connectivity index (χ2n) is 3.18. The number of rotatable bonds is 6. The van der Waals surface area contributed by atoms with Crippen molar-refractivity contribution in [1.29, 1.82) is 0 Å². The zero-order valence-electron chi connectivity index (χ0n) is 10.2. The minimum atomic E-state index is -0.910. The van der Waals surface area contributed by atoms with Crippen molar-refractivity contribution in [2.75, 3.05) is 13.2 Å². The van der Waals surface area contributed by atoms with E-state index in [0.29, 0.717) is 0 Å². The predicted octanol–water partition coefficient (Wildman–Crippen LogP) is 1.72. The molecule has 17 heavy (non-hydrogen) atoms. The van der Waals surface area contributed by atoms with Crippen molar-refractivity contribution in [3.8, 4) is 0 Å². The molecule has 0 amide bonds. The first-order chi connectivity index (χ1) is 7.54. The fourth-order valence-electron chi connectivity index (χ4n) is 0.867. The summed E-state index contributed by atoms with van der Waals surface area (Å²) in [5, 5.41) is 9.35. The Kier molecular flexibility index (Phi) is 11.0. The van der Waals surface area contributed by atoms with Gasteiger partial charge in [-0.3, -0.25) is 0 Å². The summed E-state index contributed by atoms with van der Waals surface area (Å²) in [6, 6.07) is 0. The fraction of sp³-hybridized carbons (Fsp3) is 0.636. The van der Waals surface area contributed by atoms with Crippen molar-refractivity contribution in [2.24, 2.45) is 0 Å². The summed E-state index contributed by atoms with van der Waals surface area (Å²) in [5.41, 5.74) is -0.130. The van der Waals surface area contributed by atoms with Crippen LogP contribution in [0.3, 0.4) is 0 Å². The van der Waals surface area contributed by atoms with E-state index in [0.717, 1.165) is 12.8 Å². The number of hydrogen-bond donors (Lipinski definition) is 1. The Morgan fingerprint density at radius 2 is 1.71 bits per heavy atom. The number of ether oxygens (including phenoxy) is 2. The zero-order valence-corrected chi connectivity index (χ0v) is 11.2. The van der Waals surface area contributed by atoms with Crippen LogP contribution >= 0.6 is 0 Å². The molecule has 0 aliphatic heterocycles. The number of hydrogen-bond acceptors (Lipinski definition) is 5. The monoisotopic (exact) mass is 293 g/mol. The van der Waals surface area contributed by atoms with Crippen molar-refractivity contribution in [1.82, 2.24) is 0 Å². The topological polar surface area (TPSA) is 72.8 Å². The van der Waals surface area contributed by atoms with Crippen LogP contribution in [0.1, 0.15) is 33.6 Å². The van der Waals surface area contributed by atoms with Gasteiger partial charge in [-0.25, -0.2) is 9.59 Å². The third kappa shape index (κ3) is 7.02. The largest absolute Gasteiger partial charge is 0.501 e. The van der Waals surface area contributed by atoms with Gasteiger partial charge in [-0.05, 0) is 20.3 Å². The van der Waals surface area contributed by atoms with Gasteiger partial charge >= 0.3 is 11.9 Å². The molecular formula is C11H18CuO5. The van der Waals surface area contributed by atoms with E-state index >= 15 is 0 Å². The van der Waals surface area contributed by atoms with E-state index in [-0.39, 0.29) is 35.9 Å². The molecule has 0 rings (SSSR count). The first kappa shape index (κ1) is 18.4. The minimum absolute atomic E-state index is 0. The maximum atomic E-state index is 11.3. The van der Waals surface area contributed by atoms with Crippen LogP contribution in [-0.4, -0.2) is 30.3 Å². The SMILES string of the molecule is CCCCOC(=O)/C(C)=C(\O)C(=O)OCC.[Cu]. The number of aliphatic hydroxyl groups excluding tert-OH is 1. The molecule has 0 aliphatic rings. The van der Waals surface area contributed by atoms with Gasteiger partial charge in [0.15, 0.2) is 0 Å². The number of esters is 2. The second-order valence-corrected chi connectivity index (χ2v) is 3.18. The quantitative estimate of drug-likeness (QED) is 0.265. The Morgan fingerprint density at radius 1 is 1.12 bits per heavy atom. The Morgan fingerprint density at radius 3 is 2.18 bits per heavy atom. The molecule has 0 fully saturated rings. The van der Waals surface area contributed by atoms with Crippen molar-refractivity contribution >= 4 is 11.9 Å². The van der Waals surface area contributed by atoms with Crippen molar-refractivity contribution < 1.29 is 41.2 Å². The molecule has 6 heteroatoms. The Balaban J connectivity index is 0. The Labute approximate surface area is 112 Å². The summed E-state index contributed by atoms with van der Waals surface area (Å²) < 4.78 is 9.38. The summed E-state index contributed by atoms with van der Waals surface area (Å²) in [6.45, 7) is 5.32. The molecule has 0 aliphatic carbocycles. The summed E-state index contributed by atoms with van der Waals surface area (Å²) in [5.74, 6) is -2.30. The van der Waals surface area contributed by atoms with Crippen LogP contribution in [-0.2, 0) is 36.1 Å². The molecule has 103 valence electrons. The predicted molar refractivity (Wildman–Crippen MR) is 57.8 cm³/mol. The smallest absolute Gasteiger partial charge is 0.373 e. The summed E-state index contributed by atoms with van der Waals surface area (Å²) in [7, 11) is 0. The van der Waals surface area contributed by atoms with E-state index in [1.54, 1.807) is 6.92 Å². The van der Waals surface area contributed by atoms with E-state index in [1.165, 1.54) is 6.92 Å². The first-order valence-electron chi connectivity index (χ1n) is 5.28. The molecule has 1 N–H and O–H groups in total. The maximum absolute atomic E-state index is 11.3. The number of aliphatic hydroxyl groups is 1. The first-order valence-corrected chi connectivity index (χ1v) is 5.28. The fourth-order valence-corrected chi connectivity index (χ4v) is 0.867. The van der Waals surface area contributed by atoms with Crippen molar-refractivity contribution in [2.45, 2.75) is 33.6 Å². The molecule has 0 bridgehead atoms. The van der Waals surface area contributed by atoms with Gasteiger partial charge in [0.1, 0.15) is 0 Å². The standard InChI is InChI=1S/C11H18O5.Cu/c1-4-6-7-16-10(13)8(3)9(12)11(14)15-5-2;/h12H,4-7H2,1-3H3;/b9-8-;. The van der Waals surface area contributed by atoms with Gasteiger partial charge in [0.05, 0.1) is 18.8 Å². The molecule has 1 radical (unpaired) electrons. The van der Waals surface area contributed by atoms with Gasteiger partial charge in [0.2, 0.25) is 5.76 Å². The minimum Gasteiger partial charge on any atom is -0.501 e. The third-order valence-electron chi connectivity index (χ3n) is 1.86. The molecular weight excluding hydrogens is 276 g/mol. The van der Waals surface area contributed by atoms with E-state index < -0.39 is 17.7 Å². The van der Waals surface area contributed by atoms with Gasteiger partial charge < -0.3 is 14.6 Å². The van der Waals surface area contributed by atoms with Crippen LogP contribution in [0.15, 0.2) is 11.3 Å². The van der Waals surface area contributed by atoms with Crippen LogP contribution in [0, 0.1) is 0 Å². The van der Waals surface area contributed by atoms with Crippen molar-refractivity contribution in [3.05, 3.63) is 11.3 Å². The molecule has 0 aromatic rings. The summed E-state index contributed by atoms with van der Waals surface area (Å²) in [4.78, 5) is 22.4. The molecule has 5 nitrogen and oxygen atoms in total. The molecule has 0 spiro atoms.